The maximum Gasteiger partial charge on any atom is 0.367 e. The highest BCUT2D eigenvalue weighted by molar-refractivity contribution is 6.37. The van der Waals surface area contributed by atoms with Crippen LogP contribution >= 0.6 is 0 Å². The Bertz CT molecular complexity index is 402. The molecule has 8 nitrogen and oxygen atoms in total. The maximum atomic E-state index is 11.2. The van der Waals surface area contributed by atoms with E-state index >= 15 is 0 Å². The highest BCUT2D eigenvalue weighted by Gasteiger charge is 2.23. The standard InChI is InChI=1S/C9H12N4O4/c10-2-1-7(14)13-6(8(15)16)3-5-4-11-9(17)12-5/h4,6H,1-3,10H2,(H,13,14)(H,15,16)/t6-/m0/s1. The first-order chi connectivity index (χ1) is 8.02. The Morgan fingerprint density at radius 3 is 2.71 bits per heavy atom. The second kappa shape index (κ2) is 5.85. The number of hydrogen-bond donors (Lipinski definition) is 3. The number of hydrogen-bond acceptors (Lipinski definition) is 4. The summed E-state index contributed by atoms with van der Waals surface area (Å²) in [6.07, 6.45) is 1.15. The molecular weight excluding hydrogens is 228 g/mol. The molecule has 4 N–H and O–H groups in total. The van der Waals surface area contributed by atoms with Crippen molar-refractivity contribution in [2.45, 2.75) is 18.9 Å². The molecule has 0 unspecified atom stereocenters. The first-order valence-electron chi connectivity index (χ1n) is 4.90. The van der Waals surface area contributed by atoms with Crippen molar-refractivity contribution in [2.24, 2.45) is 15.7 Å². The summed E-state index contributed by atoms with van der Waals surface area (Å²) in [5.74, 6) is -1.66. The number of nitrogens with one attached hydrogen (secondary N) is 1. The summed E-state index contributed by atoms with van der Waals surface area (Å²) in [7, 11) is 0. The van der Waals surface area contributed by atoms with E-state index in [1.807, 2.05) is 0 Å². The van der Waals surface area contributed by atoms with E-state index in [2.05, 4.69) is 15.3 Å². The fourth-order valence-electron chi connectivity index (χ4n) is 1.22. The number of nitrogens with two attached hydrogens (primary N) is 1. The van der Waals surface area contributed by atoms with Crippen LogP contribution in [0.3, 0.4) is 0 Å². The van der Waals surface area contributed by atoms with Crippen molar-refractivity contribution in [3.8, 4) is 0 Å². The predicted molar refractivity (Wildman–Crippen MR) is 59.2 cm³/mol. The van der Waals surface area contributed by atoms with Crippen molar-refractivity contribution >= 4 is 29.8 Å². The van der Waals surface area contributed by atoms with Gasteiger partial charge in [0.05, 0.1) is 11.9 Å². The lowest BCUT2D eigenvalue weighted by molar-refractivity contribution is -0.141. The zero-order valence-corrected chi connectivity index (χ0v) is 8.92. The molecule has 0 aliphatic carbocycles. The number of rotatable bonds is 6. The Labute approximate surface area is 96.6 Å². The quantitative estimate of drug-likeness (QED) is 0.544. The van der Waals surface area contributed by atoms with Crippen LogP contribution < -0.4 is 11.1 Å². The van der Waals surface area contributed by atoms with Crippen molar-refractivity contribution < 1.29 is 19.5 Å². The van der Waals surface area contributed by atoms with Gasteiger partial charge in [-0.2, -0.15) is 9.98 Å². The van der Waals surface area contributed by atoms with Crippen molar-refractivity contribution in [1.29, 1.82) is 0 Å². The lowest BCUT2D eigenvalue weighted by Gasteiger charge is -2.13. The fraction of sp³-hybridized carbons (Fsp3) is 0.444. The van der Waals surface area contributed by atoms with Gasteiger partial charge in [0.1, 0.15) is 6.04 Å². The van der Waals surface area contributed by atoms with Crippen LogP contribution in [0.4, 0.5) is 4.79 Å². The SMILES string of the molecule is NCCC(=O)N[C@@H](CC1=NC(=O)N=C1)C(=O)O. The number of carbonyl (C=O) groups excluding carboxylic acids is 2. The summed E-state index contributed by atoms with van der Waals surface area (Å²) in [6.45, 7) is 0.138. The van der Waals surface area contributed by atoms with Crippen LogP contribution in [0, 0.1) is 0 Å². The average molecular weight is 240 g/mol. The van der Waals surface area contributed by atoms with Gasteiger partial charge in [0, 0.05) is 19.4 Å². The first-order valence-corrected chi connectivity index (χ1v) is 4.90. The van der Waals surface area contributed by atoms with Crippen molar-refractivity contribution in [1.82, 2.24) is 5.32 Å². The third kappa shape index (κ3) is 4.11. The Morgan fingerprint density at radius 2 is 2.24 bits per heavy atom. The third-order valence-electron chi connectivity index (χ3n) is 1.98. The monoisotopic (exact) mass is 240 g/mol. The zero-order chi connectivity index (χ0) is 12.8. The molecule has 0 fully saturated rings. The van der Waals surface area contributed by atoms with Gasteiger partial charge < -0.3 is 16.2 Å². The zero-order valence-electron chi connectivity index (χ0n) is 8.92. The van der Waals surface area contributed by atoms with E-state index in [1.54, 1.807) is 0 Å². The van der Waals surface area contributed by atoms with Gasteiger partial charge in [-0.3, -0.25) is 4.79 Å². The van der Waals surface area contributed by atoms with Gasteiger partial charge in [0.2, 0.25) is 5.91 Å². The van der Waals surface area contributed by atoms with E-state index in [0.717, 1.165) is 0 Å². The van der Waals surface area contributed by atoms with Crippen LogP contribution in [0.25, 0.3) is 0 Å². The number of carbonyl (C=O) groups is 3. The van der Waals surface area contributed by atoms with Gasteiger partial charge in [-0.05, 0) is 0 Å². The molecule has 8 heteroatoms. The number of carboxylic acids is 1. The van der Waals surface area contributed by atoms with Crippen LogP contribution in [-0.2, 0) is 9.59 Å². The summed E-state index contributed by atoms with van der Waals surface area (Å²) >= 11 is 0. The molecule has 17 heavy (non-hydrogen) atoms. The minimum Gasteiger partial charge on any atom is -0.480 e. The molecular formula is C9H12N4O4. The van der Waals surface area contributed by atoms with Crippen LogP contribution in [0.2, 0.25) is 0 Å². The molecule has 0 saturated heterocycles. The lowest BCUT2D eigenvalue weighted by atomic mass is 10.1. The van der Waals surface area contributed by atoms with Crippen molar-refractivity contribution in [3.05, 3.63) is 0 Å². The second-order valence-electron chi connectivity index (χ2n) is 3.35. The van der Waals surface area contributed by atoms with Gasteiger partial charge >= 0.3 is 12.0 Å². The molecule has 92 valence electrons. The van der Waals surface area contributed by atoms with Gasteiger partial charge in [-0.1, -0.05) is 0 Å². The minimum absolute atomic E-state index is 0.0449. The highest BCUT2D eigenvalue weighted by atomic mass is 16.4. The second-order valence-corrected chi connectivity index (χ2v) is 3.35. The van der Waals surface area contributed by atoms with E-state index in [-0.39, 0.29) is 25.1 Å². The Kier molecular flexibility index (Phi) is 4.46. The molecule has 1 heterocycles. The molecule has 0 spiro atoms. The molecule has 0 radical (unpaired) electrons. The number of nitrogens with zero attached hydrogens (tertiary/aromatic N) is 2. The van der Waals surface area contributed by atoms with Crippen LogP contribution in [0.5, 0.6) is 0 Å². The first kappa shape index (κ1) is 13.0. The van der Waals surface area contributed by atoms with Crippen LogP contribution in [0.15, 0.2) is 9.98 Å². The number of carboxylic acid groups (broad SMARTS) is 1. The van der Waals surface area contributed by atoms with Gasteiger partial charge in [0.15, 0.2) is 0 Å². The van der Waals surface area contributed by atoms with Gasteiger partial charge in [-0.25, -0.2) is 9.59 Å². The highest BCUT2D eigenvalue weighted by Crippen LogP contribution is 2.01. The number of amides is 3. The summed E-state index contributed by atoms with van der Waals surface area (Å²) in [4.78, 5) is 39.6. The van der Waals surface area contributed by atoms with Gasteiger partial charge in [-0.15, -0.1) is 0 Å². The largest absolute Gasteiger partial charge is 0.480 e. The number of aliphatic imine (C=N–C) groups is 2. The summed E-state index contributed by atoms with van der Waals surface area (Å²) in [5.41, 5.74) is 5.40. The van der Waals surface area contributed by atoms with E-state index in [4.69, 9.17) is 10.8 Å². The van der Waals surface area contributed by atoms with Crippen molar-refractivity contribution in [2.75, 3.05) is 6.54 Å². The summed E-state index contributed by atoms with van der Waals surface area (Å²) in [6, 6.07) is -1.80. The smallest absolute Gasteiger partial charge is 0.367 e. The third-order valence-corrected chi connectivity index (χ3v) is 1.98. The summed E-state index contributed by atoms with van der Waals surface area (Å²) < 4.78 is 0. The van der Waals surface area contributed by atoms with Crippen LogP contribution in [0.1, 0.15) is 12.8 Å². The van der Waals surface area contributed by atoms with E-state index in [0.29, 0.717) is 0 Å². The topological polar surface area (TPSA) is 134 Å². The molecule has 0 bridgehead atoms. The molecule has 1 aliphatic heterocycles. The van der Waals surface area contributed by atoms with Crippen LogP contribution in [-0.4, -0.2) is 47.5 Å². The predicted octanol–water partition coefficient (Wildman–Crippen LogP) is -1.06. The van der Waals surface area contributed by atoms with E-state index in [1.165, 1.54) is 6.21 Å². The Balaban J connectivity index is 2.58. The van der Waals surface area contributed by atoms with E-state index < -0.39 is 23.9 Å². The number of urea groups is 1. The summed E-state index contributed by atoms with van der Waals surface area (Å²) in [5, 5.41) is 11.2. The van der Waals surface area contributed by atoms with Gasteiger partial charge in [0.25, 0.3) is 0 Å². The molecule has 0 saturated carbocycles. The Morgan fingerprint density at radius 1 is 1.53 bits per heavy atom. The molecule has 1 rings (SSSR count). The Hall–Kier alpha value is -2.09. The fourth-order valence-corrected chi connectivity index (χ4v) is 1.22. The lowest BCUT2D eigenvalue weighted by Crippen LogP contribution is -2.42. The number of aliphatic carboxylic acids is 1. The molecule has 0 aromatic carbocycles. The molecule has 3 amide bonds. The minimum atomic E-state index is -1.20. The average Bonchev–Trinajstić information content (AvgIpc) is 2.63. The van der Waals surface area contributed by atoms with Crippen molar-refractivity contribution in [3.63, 3.8) is 0 Å². The molecule has 0 aromatic rings. The molecule has 1 aliphatic rings. The molecule has 1 atom stereocenters. The van der Waals surface area contributed by atoms with E-state index in [9.17, 15) is 14.4 Å². The molecule has 0 aromatic heterocycles. The maximum absolute atomic E-state index is 11.2. The normalized spacial score (nSPS) is 15.6.